The number of nitrogens with one attached hydrogen (secondary N) is 1. The lowest BCUT2D eigenvalue weighted by Crippen LogP contribution is -2.32. The zero-order valence-corrected chi connectivity index (χ0v) is 13.9. The van der Waals surface area contributed by atoms with Crippen LogP contribution >= 0.6 is 0 Å². The number of benzene rings is 1. The molecule has 1 aromatic carbocycles. The first-order chi connectivity index (χ1) is 11.5. The van der Waals surface area contributed by atoms with Crippen molar-refractivity contribution in [1.29, 1.82) is 0 Å². The van der Waals surface area contributed by atoms with E-state index in [0.717, 1.165) is 48.4 Å². The molecule has 6 heteroatoms. The van der Waals surface area contributed by atoms with Crippen LogP contribution in [-0.2, 0) is 0 Å². The van der Waals surface area contributed by atoms with Gasteiger partial charge < -0.3 is 16.8 Å². The zero-order valence-electron chi connectivity index (χ0n) is 13.9. The standard InChI is InChI=1S/C18H23N5O/c1-11(19)16-12(2)23(15-4-3-9-21-10-15)22-17(16)13-5-7-14(8-6-13)18(20)24/h5-8,15,21H,1,3-4,9-10,19H2,2H3,(H2,20,24)/t15-/m1/s1. The Morgan fingerprint density at radius 3 is 2.58 bits per heavy atom. The Balaban J connectivity index is 2.06. The lowest BCUT2D eigenvalue weighted by molar-refractivity contribution is 0.100. The summed E-state index contributed by atoms with van der Waals surface area (Å²) in [6, 6.07) is 7.42. The lowest BCUT2D eigenvalue weighted by Gasteiger charge is -2.24. The first-order valence-corrected chi connectivity index (χ1v) is 8.14. The van der Waals surface area contributed by atoms with Gasteiger partial charge in [0.25, 0.3) is 0 Å². The highest BCUT2D eigenvalue weighted by molar-refractivity contribution is 5.93. The fourth-order valence-electron chi connectivity index (χ4n) is 3.30. The first kappa shape index (κ1) is 16.3. The normalized spacial score (nSPS) is 17.6. The predicted octanol–water partition coefficient (Wildman–Crippen LogP) is 1.81. The van der Waals surface area contributed by atoms with Crippen molar-refractivity contribution in [3.8, 4) is 11.3 Å². The zero-order chi connectivity index (χ0) is 17.3. The summed E-state index contributed by atoms with van der Waals surface area (Å²) in [5, 5.41) is 8.23. The van der Waals surface area contributed by atoms with Crippen LogP contribution in [0.2, 0.25) is 0 Å². The molecule has 3 rings (SSSR count). The molecule has 1 amide bonds. The monoisotopic (exact) mass is 325 g/mol. The average molecular weight is 325 g/mol. The smallest absolute Gasteiger partial charge is 0.248 e. The maximum Gasteiger partial charge on any atom is 0.248 e. The number of amides is 1. The molecule has 5 N–H and O–H groups in total. The maximum absolute atomic E-state index is 11.3. The Hall–Kier alpha value is -2.60. The Morgan fingerprint density at radius 1 is 1.33 bits per heavy atom. The van der Waals surface area contributed by atoms with Crippen molar-refractivity contribution in [2.45, 2.75) is 25.8 Å². The molecule has 0 spiro atoms. The summed E-state index contributed by atoms with van der Waals surface area (Å²) in [7, 11) is 0. The van der Waals surface area contributed by atoms with Crippen molar-refractivity contribution in [2.75, 3.05) is 13.1 Å². The van der Waals surface area contributed by atoms with Gasteiger partial charge in [-0.2, -0.15) is 5.10 Å². The van der Waals surface area contributed by atoms with Crippen LogP contribution in [0.15, 0.2) is 30.8 Å². The van der Waals surface area contributed by atoms with E-state index in [1.54, 1.807) is 12.1 Å². The fraction of sp³-hybridized carbons (Fsp3) is 0.333. The van der Waals surface area contributed by atoms with Gasteiger partial charge in [-0.15, -0.1) is 0 Å². The third-order valence-corrected chi connectivity index (χ3v) is 4.53. The van der Waals surface area contributed by atoms with E-state index in [0.29, 0.717) is 17.3 Å². The Bertz CT molecular complexity index is 769. The summed E-state index contributed by atoms with van der Waals surface area (Å²) < 4.78 is 2.05. The summed E-state index contributed by atoms with van der Waals surface area (Å²) in [5.41, 5.74) is 15.9. The average Bonchev–Trinajstić information content (AvgIpc) is 2.93. The third kappa shape index (κ3) is 2.92. The van der Waals surface area contributed by atoms with Crippen LogP contribution in [0.3, 0.4) is 0 Å². The molecule has 1 aliphatic rings. The largest absolute Gasteiger partial charge is 0.399 e. The van der Waals surface area contributed by atoms with E-state index in [4.69, 9.17) is 16.6 Å². The minimum Gasteiger partial charge on any atom is -0.399 e. The van der Waals surface area contributed by atoms with Gasteiger partial charge in [-0.05, 0) is 38.4 Å². The van der Waals surface area contributed by atoms with E-state index in [2.05, 4.69) is 16.6 Å². The van der Waals surface area contributed by atoms with Gasteiger partial charge in [0, 0.05) is 34.6 Å². The second kappa shape index (κ2) is 6.49. The molecule has 0 aliphatic carbocycles. The number of hydrogen-bond donors (Lipinski definition) is 3. The highest BCUT2D eigenvalue weighted by atomic mass is 16.1. The maximum atomic E-state index is 11.3. The third-order valence-electron chi connectivity index (χ3n) is 4.53. The highest BCUT2D eigenvalue weighted by Crippen LogP contribution is 2.31. The molecule has 0 radical (unpaired) electrons. The summed E-state index contributed by atoms with van der Waals surface area (Å²) in [6.07, 6.45) is 2.22. The first-order valence-electron chi connectivity index (χ1n) is 8.14. The molecule has 1 aliphatic heterocycles. The van der Waals surface area contributed by atoms with E-state index >= 15 is 0 Å². The van der Waals surface area contributed by atoms with E-state index < -0.39 is 5.91 Å². The minimum absolute atomic E-state index is 0.315. The van der Waals surface area contributed by atoms with Crippen molar-refractivity contribution in [3.05, 3.63) is 47.7 Å². The number of carbonyl (C=O) groups excluding carboxylic acids is 1. The quantitative estimate of drug-likeness (QED) is 0.798. The SMILES string of the molecule is C=C(N)c1c(-c2ccc(C(N)=O)cc2)nn([C@@H]2CCCNC2)c1C. The molecule has 1 fully saturated rings. The van der Waals surface area contributed by atoms with Crippen molar-refractivity contribution in [2.24, 2.45) is 11.5 Å². The van der Waals surface area contributed by atoms with Crippen LogP contribution in [0.25, 0.3) is 17.0 Å². The Kier molecular flexibility index (Phi) is 4.40. The van der Waals surface area contributed by atoms with Gasteiger partial charge >= 0.3 is 0 Å². The molecule has 0 unspecified atom stereocenters. The number of primary amides is 1. The fourth-order valence-corrected chi connectivity index (χ4v) is 3.30. The molecular weight excluding hydrogens is 302 g/mol. The predicted molar refractivity (Wildman–Crippen MR) is 95.3 cm³/mol. The van der Waals surface area contributed by atoms with Crippen molar-refractivity contribution in [1.82, 2.24) is 15.1 Å². The van der Waals surface area contributed by atoms with Crippen LogP contribution in [0.5, 0.6) is 0 Å². The van der Waals surface area contributed by atoms with Crippen LogP contribution in [-0.4, -0.2) is 28.8 Å². The Morgan fingerprint density at radius 2 is 2.04 bits per heavy atom. The van der Waals surface area contributed by atoms with Crippen LogP contribution in [0.4, 0.5) is 0 Å². The summed E-state index contributed by atoms with van der Waals surface area (Å²) in [6.45, 7) is 7.89. The number of nitrogens with zero attached hydrogens (tertiary/aromatic N) is 2. The highest BCUT2D eigenvalue weighted by Gasteiger charge is 2.23. The summed E-state index contributed by atoms with van der Waals surface area (Å²) in [4.78, 5) is 11.3. The molecule has 0 saturated carbocycles. The van der Waals surface area contributed by atoms with Crippen LogP contribution in [0, 0.1) is 6.92 Å². The van der Waals surface area contributed by atoms with Gasteiger partial charge in [0.05, 0.1) is 6.04 Å². The van der Waals surface area contributed by atoms with Gasteiger partial charge in [0.2, 0.25) is 5.91 Å². The minimum atomic E-state index is -0.444. The van der Waals surface area contributed by atoms with Gasteiger partial charge in [-0.25, -0.2) is 0 Å². The number of hydrogen-bond acceptors (Lipinski definition) is 4. The lowest BCUT2D eigenvalue weighted by atomic mass is 10.0. The molecule has 1 atom stereocenters. The number of carbonyl (C=O) groups is 1. The number of nitrogens with two attached hydrogens (primary N) is 2. The van der Waals surface area contributed by atoms with Gasteiger partial charge in [-0.3, -0.25) is 9.48 Å². The van der Waals surface area contributed by atoms with E-state index in [9.17, 15) is 4.79 Å². The van der Waals surface area contributed by atoms with Crippen molar-refractivity contribution < 1.29 is 4.79 Å². The second-order valence-electron chi connectivity index (χ2n) is 6.22. The van der Waals surface area contributed by atoms with Gasteiger partial charge in [0.1, 0.15) is 5.69 Å². The number of rotatable bonds is 4. The van der Waals surface area contributed by atoms with Gasteiger partial charge in [-0.1, -0.05) is 18.7 Å². The molecule has 0 bridgehead atoms. The molecule has 126 valence electrons. The number of piperidine rings is 1. The van der Waals surface area contributed by atoms with Crippen LogP contribution < -0.4 is 16.8 Å². The van der Waals surface area contributed by atoms with E-state index in [-0.39, 0.29) is 0 Å². The van der Waals surface area contributed by atoms with Crippen LogP contribution in [0.1, 0.15) is 40.5 Å². The molecule has 2 aromatic rings. The number of aromatic nitrogens is 2. The van der Waals surface area contributed by atoms with Crippen molar-refractivity contribution in [3.63, 3.8) is 0 Å². The Labute approximate surface area is 141 Å². The topological polar surface area (TPSA) is 99.0 Å². The van der Waals surface area contributed by atoms with E-state index in [1.165, 1.54) is 0 Å². The molecule has 1 saturated heterocycles. The molecule has 6 nitrogen and oxygen atoms in total. The molecular formula is C18H23N5O. The molecule has 1 aromatic heterocycles. The summed E-state index contributed by atoms with van der Waals surface area (Å²) in [5.74, 6) is -0.444. The molecule has 2 heterocycles. The second-order valence-corrected chi connectivity index (χ2v) is 6.22. The van der Waals surface area contributed by atoms with E-state index in [1.807, 2.05) is 19.1 Å². The van der Waals surface area contributed by atoms with Gasteiger partial charge in [0.15, 0.2) is 0 Å². The molecule has 24 heavy (non-hydrogen) atoms. The summed E-state index contributed by atoms with van der Waals surface area (Å²) >= 11 is 0. The van der Waals surface area contributed by atoms with Crippen molar-refractivity contribution >= 4 is 11.6 Å².